The first kappa shape index (κ1) is 12.4. The Kier molecular flexibility index (Phi) is 5.19. The molecule has 0 aromatic heterocycles. The van der Waals surface area contributed by atoms with Gasteiger partial charge >= 0.3 is 6.09 Å². The Hall–Kier alpha value is -1.71. The maximum absolute atomic E-state index is 11.0. The summed E-state index contributed by atoms with van der Waals surface area (Å²) in [6, 6.07) is 7.04. The highest BCUT2D eigenvalue weighted by atomic mass is 16.6. The molecule has 0 radical (unpaired) electrons. The van der Waals surface area contributed by atoms with Crippen molar-refractivity contribution in [3.05, 3.63) is 24.3 Å². The van der Waals surface area contributed by atoms with Crippen LogP contribution in [0.3, 0.4) is 0 Å². The van der Waals surface area contributed by atoms with E-state index in [4.69, 9.17) is 9.47 Å². The molecular formula is C12H17NO3. The number of ether oxygens (including phenoxy) is 2. The van der Waals surface area contributed by atoms with E-state index >= 15 is 0 Å². The molecule has 0 atom stereocenters. The number of benzene rings is 1. The van der Waals surface area contributed by atoms with E-state index in [0.717, 1.165) is 18.6 Å². The molecule has 0 fully saturated rings. The van der Waals surface area contributed by atoms with Crippen LogP contribution >= 0.6 is 0 Å². The summed E-state index contributed by atoms with van der Waals surface area (Å²) >= 11 is 0. The minimum Gasteiger partial charge on any atom is -0.493 e. The Morgan fingerprint density at radius 1 is 1.38 bits per heavy atom. The fourth-order valence-electron chi connectivity index (χ4n) is 1.12. The van der Waals surface area contributed by atoms with Crippen molar-refractivity contribution in [2.24, 2.45) is 0 Å². The van der Waals surface area contributed by atoms with Crippen molar-refractivity contribution >= 4 is 6.09 Å². The SMILES string of the molecule is CCCCOc1cccc(OC(=O)NC)c1. The molecule has 0 heterocycles. The first-order valence-electron chi connectivity index (χ1n) is 5.38. The zero-order valence-corrected chi connectivity index (χ0v) is 9.66. The first-order chi connectivity index (χ1) is 7.76. The Morgan fingerprint density at radius 2 is 2.12 bits per heavy atom. The molecule has 0 aliphatic carbocycles. The Bertz CT molecular complexity index is 339. The molecule has 4 heteroatoms. The average Bonchev–Trinajstić information content (AvgIpc) is 2.30. The Morgan fingerprint density at radius 3 is 2.81 bits per heavy atom. The zero-order valence-electron chi connectivity index (χ0n) is 9.66. The van der Waals surface area contributed by atoms with E-state index in [1.807, 2.05) is 6.07 Å². The highest BCUT2D eigenvalue weighted by Gasteiger charge is 2.02. The molecular weight excluding hydrogens is 206 g/mol. The van der Waals surface area contributed by atoms with Gasteiger partial charge in [-0.1, -0.05) is 19.4 Å². The molecule has 1 aromatic rings. The van der Waals surface area contributed by atoms with E-state index in [1.54, 1.807) is 18.2 Å². The molecule has 0 unspecified atom stereocenters. The lowest BCUT2D eigenvalue weighted by Gasteiger charge is -2.07. The van der Waals surface area contributed by atoms with Crippen molar-refractivity contribution in [2.75, 3.05) is 13.7 Å². The monoisotopic (exact) mass is 223 g/mol. The topological polar surface area (TPSA) is 47.6 Å². The van der Waals surface area contributed by atoms with Crippen molar-refractivity contribution in [3.63, 3.8) is 0 Å². The van der Waals surface area contributed by atoms with Crippen LogP contribution in [0.2, 0.25) is 0 Å². The van der Waals surface area contributed by atoms with Crippen LogP contribution in [-0.4, -0.2) is 19.7 Å². The number of amides is 1. The van der Waals surface area contributed by atoms with E-state index < -0.39 is 6.09 Å². The number of rotatable bonds is 5. The van der Waals surface area contributed by atoms with Gasteiger partial charge in [0.15, 0.2) is 0 Å². The fraction of sp³-hybridized carbons (Fsp3) is 0.417. The van der Waals surface area contributed by atoms with Gasteiger partial charge in [-0.2, -0.15) is 0 Å². The largest absolute Gasteiger partial charge is 0.493 e. The van der Waals surface area contributed by atoms with Crippen LogP contribution < -0.4 is 14.8 Å². The third-order valence-electron chi connectivity index (χ3n) is 1.99. The van der Waals surface area contributed by atoms with Crippen molar-refractivity contribution in [1.29, 1.82) is 0 Å². The van der Waals surface area contributed by atoms with E-state index in [1.165, 1.54) is 7.05 Å². The predicted molar refractivity (Wildman–Crippen MR) is 61.9 cm³/mol. The molecule has 1 amide bonds. The molecule has 0 saturated carbocycles. The quantitative estimate of drug-likeness (QED) is 0.780. The molecule has 1 N–H and O–H groups in total. The van der Waals surface area contributed by atoms with E-state index in [0.29, 0.717) is 12.4 Å². The highest BCUT2D eigenvalue weighted by Crippen LogP contribution is 2.19. The van der Waals surface area contributed by atoms with Crippen LogP contribution in [-0.2, 0) is 0 Å². The second-order valence-electron chi connectivity index (χ2n) is 3.32. The number of unbranched alkanes of at least 4 members (excludes halogenated alkanes) is 1. The molecule has 1 rings (SSSR count). The maximum Gasteiger partial charge on any atom is 0.412 e. The van der Waals surface area contributed by atoms with E-state index in [2.05, 4.69) is 12.2 Å². The summed E-state index contributed by atoms with van der Waals surface area (Å²) in [5.41, 5.74) is 0. The van der Waals surface area contributed by atoms with Crippen molar-refractivity contribution in [2.45, 2.75) is 19.8 Å². The van der Waals surface area contributed by atoms with Crippen molar-refractivity contribution in [1.82, 2.24) is 5.32 Å². The highest BCUT2D eigenvalue weighted by molar-refractivity contribution is 5.70. The third-order valence-corrected chi connectivity index (χ3v) is 1.99. The van der Waals surface area contributed by atoms with Crippen LogP contribution in [0.15, 0.2) is 24.3 Å². The van der Waals surface area contributed by atoms with Crippen LogP contribution in [0.1, 0.15) is 19.8 Å². The van der Waals surface area contributed by atoms with Gasteiger partial charge in [-0.3, -0.25) is 0 Å². The molecule has 4 nitrogen and oxygen atoms in total. The van der Waals surface area contributed by atoms with Gasteiger partial charge in [0, 0.05) is 13.1 Å². The van der Waals surface area contributed by atoms with Crippen LogP contribution in [0, 0.1) is 0 Å². The molecule has 88 valence electrons. The van der Waals surface area contributed by atoms with Gasteiger partial charge in [0.1, 0.15) is 11.5 Å². The number of nitrogens with one attached hydrogen (secondary N) is 1. The smallest absolute Gasteiger partial charge is 0.412 e. The molecule has 0 saturated heterocycles. The summed E-state index contributed by atoms with van der Waals surface area (Å²) < 4.78 is 10.5. The second kappa shape index (κ2) is 6.71. The standard InChI is InChI=1S/C12H17NO3/c1-3-4-8-15-10-6-5-7-11(9-10)16-12(14)13-2/h5-7,9H,3-4,8H2,1-2H3,(H,13,14). The van der Waals surface area contributed by atoms with E-state index in [9.17, 15) is 4.79 Å². The van der Waals surface area contributed by atoms with Gasteiger partial charge in [0.25, 0.3) is 0 Å². The lowest BCUT2D eigenvalue weighted by Crippen LogP contribution is -2.21. The van der Waals surface area contributed by atoms with Crippen LogP contribution in [0.4, 0.5) is 4.79 Å². The molecule has 0 aliphatic rings. The number of hydrogen-bond acceptors (Lipinski definition) is 3. The predicted octanol–water partition coefficient (Wildman–Crippen LogP) is 2.58. The summed E-state index contributed by atoms with van der Waals surface area (Å²) in [6.45, 7) is 2.79. The van der Waals surface area contributed by atoms with Gasteiger partial charge in [0.2, 0.25) is 0 Å². The molecule has 16 heavy (non-hydrogen) atoms. The number of hydrogen-bond donors (Lipinski definition) is 1. The van der Waals surface area contributed by atoms with Crippen molar-refractivity contribution < 1.29 is 14.3 Å². The molecule has 0 spiro atoms. The minimum atomic E-state index is -0.481. The summed E-state index contributed by atoms with van der Waals surface area (Å²) in [7, 11) is 1.52. The molecule has 0 bridgehead atoms. The van der Waals surface area contributed by atoms with Gasteiger partial charge in [0.05, 0.1) is 6.61 Å². The third kappa shape index (κ3) is 4.21. The second-order valence-corrected chi connectivity index (χ2v) is 3.32. The van der Waals surface area contributed by atoms with Gasteiger partial charge < -0.3 is 14.8 Å². The first-order valence-corrected chi connectivity index (χ1v) is 5.38. The van der Waals surface area contributed by atoms with Gasteiger partial charge in [-0.05, 0) is 18.6 Å². The van der Waals surface area contributed by atoms with E-state index in [-0.39, 0.29) is 0 Å². The van der Waals surface area contributed by atoms with Crippen LogP contribution in [0.25, 0.3) is 0 Å². The van der Waals surface area contributed by atoms with Crippen molar-refractivity contribution in [3.8, 4) is 11.5 Å². The summed E-state index contributed by atoms with van der Waals surface area (Å²) in [5, 5.41) is 2.38. The van der Waals surface area contributed by atoms with Gasteiger partial charge in [-0.15, -0.1) is 0 Å². The van der Waals surface area contributed by atoms with Crippen LogP contribution in [0.5, 0.6) is 11.5 Å². The van der Waals surface area contributed by atoms with Gasteiger partial charge in [-0.25, -0.2) is 4.79 Å². The Balaban J connectivity index is 2.53. The summed E-state index contributed by atoms with van der Waals surface area (Å²) in [4.78, 5) is 11.0. The zero-order chi connectivity index (χ0) is 11.8. The summed E-state index contributed by atoms with van der Waals surface area (Å²) in [5.74, 6) is 1.20. The number of carbonyl (C=O) groups excluding carboxylic acids is 1. The maximum atomic E-state index is 11.0. The number of carbonyl (C=O) groups is 1. The lowest BCUT2D eigenvalue weighted by atomic mass is 10.3. The average molecular weight is 223 g/mol. The fourth-order valence-corrected chi connectivity index (χ4v) is 1.12. The molecule has 0 aliphatic heterocycles. The lowest BCUT2D eigenvalue weighted by molar-refractivity contribution is 0.202. The minimum absolute atomic E-state index is 0.480. The normalized spacial score (nSPS) is 9.62. The summed E-state index contributed by atoms with van der Waals surface area (Å²) in [6.07, 6.45) is 1.63. The Labute approximate surface area is 95.6 Å². The molecule has 1 aromatic carbocycles.